The first-order valence-electron chi connectivity index (χ1n) is 5.99. The smallest absolute Gasteiger partial charge is 0.150 e. The van der Waals surface area contributed by atoms with E-state index in [2.05, 4.69) is 27.4 Å². The first-order chi connectivity index (χ1) is 7.38. The molecular weight excluding hydrogens is 188 g/mol. The number of aromatic nitrogens is 3. The van der Waals surface area contributed by atoms with Gasteiger partial charge in [-0.05, 0) is 38.3 Å². The van der Waals surface area contributed by atoms with Gasteiger partial charge in [0, 0.05) is 12.8 Å². The summed E-state index contributed by atoms with van der Waals surface area (Å²) in [5.41, 5.74) is 0. The van der Waals surface area contributed by atoms with Crippen LogP contribution in [0.4, 0.5) is 0 Å². The second-order valence-corrected chi connectivity index (χ2v) is 4.30. The summed E-state index contributed by atoms with van der Waals surface area (Å²) in [6, 6.07) is 0. The summed E-state index contributed by atoms with van der Waals surface area (Å²) < 4.78 is 0. The van der Waals surface area contributed by atoms with Gasteiger partial charge in [-0.3, -0.25) is 5.10 Å². The van der Waals surface area contributed by atoms with E-state index in [1.165, 1.54) is 32.4 Å². The van der Waals surface area contributed by atoms with Crippen LogP contribution in [0.2, 0.25) is 0 Å². The molecular formula is C11H20N4. The molecule has 0 aromatic carbocycles. The topological polar surface area (TPSA) is 53.6 Å². The minimum Gasteiger partial charge on any atom is -0.316 e. The fraction of sp³-hybridized carbons (Fsp3) is 0.818. The van der Waals surface area contributed by atoms with E-state index in [1.54, 1.807) is 0 Å². The summed E-state index contributed by atoms with van der Waals surface area (Å²) >= 11 is 0. The first-order valence-corrected chi connectivity index (χ1v) is 5.99. The second-order valence-electron chi connectivity index (χ2n) is 4.30. The maximum absolute atomic E-state index is 4.43. The molecule has 2 rings (SSSR count). The van der Waals surface area contributed by atoms with Gasteiger partial charge in [-0.15, -0.1) is 0 Å². The lowest BCUT2D eigenvalue weighted by molar-refractivity contribution is 0.356. The van der Waals surface area contributed by atoms with Crippen LogP contribution in [0.1, 0.15) is 37.8 Å². The molecule has 1 fully saturated rings. The zero-order valence-corrected chi connectivity index (χ0v) is 9.42. The van der Waals surface area contributed by atoms with E-state index in [0.29, 0.717) is 0 Å². The van der Waals surface area contributed by atoms with E-state index in [-0.39, 0.29) is 0 Å². The number of nitrogens with zero attached hydrogens (tertiary/aromatic N) is 2. The molecule has 0 saturated carbocycles. The minimum absolute atomic E-state index is 0.828. The average molecular weight is 208 g/mol. The number of aryl methyl sites for hydroxylation is 2. The van der Waals surface area contributed by atoms with Crippen LogP contribution in [0.5, 0.6) is 0 Å². The van der Waals surface area contributed by atoms with Gasteiger partial charge in [0.15, 0.2) is 0 Å². The van der Waals surface area contributed by atoms with Crippen molar-refractivity contribution in [2.45, 2.75) is 39.0 Å². The molecule has 15 heavy (non-hydrogen) atoms. The summed E-state index contributed by atoms with van der Waals surface area (Å²) in [4.78, 5) is 4.43. The molecule has 4 nitrogen and oxygen atoms in total. The molecule has 1 saturated heterocycles. The molecule has 0 bridgehead atoms. The lowest BCUT2D eigenvalue weighted by Crippen LogP contribution is -2.30. The van der Waals surface area contributed by atoms with Crippen LogP contribution < -0.4 is 5.32 Å². The standard InChI is InChI=1S/C11H20N4/c1-2-10-13-11(15-14-10)6-5-9-4-3-7-12-8-9/h9,12H,2-8H2,1H3,(H,13,14,15). The van der Waals surface area contributed by atoms with Crippen molar-refractivity contribution in [3.8, 4) is 0 Å². The van der Waals surface area contributed by atoms with Crippen molar-refractivity contribution in [2.24, 2.45) is 5.92 Å². The molecule has 0 amide bonds. The SMILES string of the molecule is CCc1n[nH]c(CCC2CCCNC2)n1. The summed E-state index contributed by atoms with van der Waals surface area (Å²) in [7, 11) is 0. The molecule has 0 spiro atoms. The molecule has 1 aliphatic heterocycles. The third-order valence-corrected chi connectivity index (χ3v) is 3.08. The molecule has 1 aliphatic rings. The lowest BCUT2D eigenvalue weighted by atomic mass is 9.95. The Bertz CT molecular complexity index is 289. The highest BCUT2D eigenvalue weighted by atomic mass is 15.2. The normalized spacial score (nSPS) is 21.8. The Labute approximate surface area is 90.9 Å². The van der Waals surface area contributed by atoms with Gasteiger partial charge in [0.25, 0.3) is 0 Å². The Kier molecular flexibility index (Phi) is 3.72. The predicted octanol–water partition coefficient (Wildman–Crippen LogP) is 1.30. The Balaban J connectivity index is 1.76. The quantitative estimate of drug-likeness (QED) is 0.784. The summed E-state index contributed by atoms with van der Waals surface area (Å²) in [6.07, 6.45) is 5.87. The van der Waals surface area contributed by atoms with Gasteiger partial charge >= 0.3 is 0 Å². The van der Waals surface area contributed by atoms with Gasteiger partial charge in [0.05, 0.1) is 0 Å². The molecule has 0 radical (unpaired) electrons. The van der Waals surface area contributed by atoms with Crippen LogP contribution in [0, 0.1) is 5.92 Å². The minimum atomic E-state index is 0.828. The molecule has 1 aromatic heterocycles. The van der Waals surface area contributed by atoms with Crippen LogP contribution in [0.15, 0.2) is 0 Å². The largest absolute Gasteiger partial charge is 0.316 e. The van der Waals surface area contributed by atoms with E-state index in [1.807, 2.05) is 0 Å². The Morgan fingerprint density at radius 1 is 1.47 bits per heavy atom. The van der Waals surface area contributed by atoms with Crippen LogP contribution in [0.25, 0.3) is 0 Å². The number of hydrogen-bond acceptors (Lipinski definition) is 3. The van der Waals surface area contributed by atoms with Crippen molar-refractivity contribution in [3.63, 3.8) is 0 Å². The van der Waals surface area contributed by atoms with Crippen LogP contribution >= 0.6 is 0 Å². The Morgan fingerprint density at radius 3 is 3.07 bits per heavy atom. The van der Waals surface area contributed by atoms with E-state index < -0.39 is 0 Å². The van der Waals surface area contributed by atoms with E-state index in [4.69, 9.17) is 0 Å². The van der Waals surface area contributed by atoms with Crippen molar-refractivity contribution in [1.29, 1.82) is 0 Å². The van der Waals surface area contributed by atoms with Gasteiger partial charge in [-0.25, -0.2) is 4.98 Å². The molecule has 2 heterocycles. The lowest BCUT2D eigenvalue weighted by Gasteiger charge is -2.21. The highest BCUT2D eigenvalue weighted by molar-refractivity contribution is 4.90. The number of hydrogen-bond donors (Lipinski definition) is 2. The van der Waals surface area contributed by atoms with Crippen molar-refractivity contribution in [1.82, 2.24) is 20.5 Å². The maximum atomic E-state index is 4.43. The number of rotatable bonds is 4. The van der Waals surface area contributed by atoms with E-state index in [9.17, 15) is 0 Å². The molecule has 1 unspecified atom stereocenters. The molecule has 84 valence electrons. The Morgan fingerprint density at radius 2 is 2.40 bits per heavy atom. The maximum Gasteiger partial charge on any atom is 0.150 e. The zero-order chi connectivity index (χ0) is 10.5. The number of H-pyrrole nitrogens is 1. The third kappa shape index (κ3) is 3.02. The van der Waals surface area contributed by atoms with Crippen LogP contribution in [-0.4, -0.2) is 28.3 Å². The molecule has 1 aromatic rings. The van der Waals surface area contributed by atoms with Crippen molar-refractivity contribution < 1.29 is 0 Å². The second kappa shape index (κ2) is 5.26. The number of piperidine rings is 1. The van der Waals surface area contributed by atoms with Crippen LogP contribution in [-0.2, 0) is 12.8 Å². The third-order valence-electron chi connectivity index (χ3n) is 3.08. The number of nitrogens with one attached hydrogen (secondary N) is 2. The fourth-order valence-corrected chi connectivity index (χ4v) is 2.12. The monoisotopic (exact) mass is 208 g/mol. The average Bonchev–Trinajstić information content (AvgIpc) is 2.76. The van der Waals surface area contributed by atoms with Gasteiger partial charge in [-0.2, -0.15) is 5.10 Å². The van der Waals surface area contributed by atoms with Gasteiger partial charge in [0.1, 0.15) is 11.6 Å². The Hall–Kier alpha value is -0.900. The van der Waals surface area contributed by atoms with Gasteiger partial charge in [-0.1, -0.05) is 6.92 Å². The van der Waals surface area contributed by atoms with Gasteiger partial charge < -0.3 is 5.32 Å². The van der Waals surface area contributed by atoms with Gasteiger partial charge in [0.2, 0.25) is 0 Å². The zero-order valence-electron chi connectivity index (χ0n) is 9.42. The predicted molar refractivity (Wildman–Crippen MR) is 59.7 cm³/mol. The van der Waals surface area contributed by atoms with Crippen molar-refractivity contribution >= 4 is 0 Å². The first kappa shape index (κ1) is 10.6. The van der Waals surface area contributed by atoms with E-state index in [0.717, 1.165) is 30.4 Å². The molecule has 4 heteroatoms. The highest BCUT2D eigenvalue weighted by Crippen LogP contribution is 2.15. The van der Waals surface area contributed by atoms with Crippen molar-refractivity contribution in [2.75, 3.05) is 13.1 Å². The van der Waals surface area contributed by atoms with Crippen LogP contribution in [0.3, 0.4) is 0 Å². The fourth-order valence-electron chi connectivity index (χ4n) is 2.12. The molecule has 2 N–H and O–H groups in total. The summed E-state index contributed by atoms with van der Waals surface area (Å²) in [5.74, 6) is 2.82. The molecule has 0 aliphatic carbocycles. The van der Waals surface area contributed by atoms with Crippen molar-refractivity contribution in [3.05, 3.63) is 11.6 Å². The molecule has 1 atom stereocenters. The summed E-state index contributed by atoms with van der Waals surface area (Å²) in [5, 5.41) is 10.6. The number of aromatic amines is 1. The highest BCUT2D eigenvalue weighted by Gasteiger charge is 2.13. The van der Waals surface area contributed by atoms with E-state index >= 15 is 0 Å². The summed E-state index contributed by atoms with van der Waals surface area (Å²) in [6.45, 7) is 4.45.